The van der Waals surface area contributed by atoms with Gasteiger partial charge in [-0.1, -0.05) is 13.8 Å². The molecule has 1 spiro atoms. The molecule has 5 rings (SSSR count). The molecule has 214 valence electrons. The molecule has 0 aromatic heterocycles. The van der Waals surface area contributed by atoms with Crippen LogP contribution in [0.4, 0.5) is 13.2 Å². The van der Waals surface area contributed by atoms with Crippen molar-refractivity contribution in [3.63, 3.8) is 0 Å². The predicted molar refractivity (Wildman–Crippen MR) is 130 cm³/mol. The minimum atomic E-state index is -4.86. The van der Waals surface area contributed by atoms with Crippen LogP contribution in [0.25, 0.3) is 0 Å². The van der Waals surface area contributed by atoms with E-state index in [4.69, 9.17) is 4.79 Å². The van der Waals surface area contributed by atoms with Gasteiger partial charge in [0.25, 0.3) is 0 Å². The molecule has 2 saturated heterocycles. The average molecular weight is 546 g/mol. The van der Waals surface area contributed by atoms with Gasteiger partial charge in [-0.3, -0.25) is 24.0 Å². The fourth-order valence-corrected chi connectivity index (χ4v) is 5.47. The number of fused-ring (bicyclic) bond motifs is 1. The highest BCUT2D eigenvalue weighted by atomic mass is 19.4. The van der Waals surface area contributed by atoms with Gasteiger partial charge in [-0.25, -0.2) is 0 Å². The number of primary amides is 1. The molecule has 3 aliphatic carbocycles. The molecule has 4 atom stereocenters. The van der Waals surface area contributed by atoms with Crippen LogP contribution in [-0.4, -0.2) is 72.8 Å². The molecule has 38 heavy (non-hydrogen) atoms. The molecule has 5 fully saturated rings. The van der Waals surface area contributed by atoms with E-state index in [1.807, 2.05) is 0 Å². The van der Waals surface area contributed by atoms with Gasteiger partial charge in [0.15, 0.2) is 0 Å². The number of likely N-dealkylation sites (tertiary alicyclic amines) is 1. The Hall–Kier alpha value is -2.86. The van der Waals surface area contributed by atoms with Crippen molar-refractivity contribution in [3.8, 4) is 0 Å². The number of hydrogen-bond donors (Lipinski definition) is 4. The maximum absolute atomic E-state index is 11.8. The van der Waals surface area contributed by atoms with E-state index in [0.717, 1.165) is 56.5 Å². The van der Waals surface area contributed by atoms with E-state index in [2.05, 4.69) is 40.4 Å². The van der Waals surface area contributed by atoms with Gasteiger partial charge in [-0.15, -0.1) is 0 Å². The first-order valence-electron chi connectivity index (χ1n) is 13.0. The van der Waals surface area contributed by atoms with Crippen molar-refractivity contribution in [2.75, 3.05) is 20.1 Å². The van der Waals surface area contributed by atoms with Crippen LogP contribution in [-0.2, 0) is 24.0 Å². The molecule has 10 nitrogen and oxygen atoms in total. The lowest BCUT2D eigenvalue weighted by atomic mass is 9.95. The third kappa shape index (κ3) is 7.37. The van der Waals surface area contributed by atoms with Gasteiger partial charge in [-0.2, -0.15) is 13.2 Å². The summed E-state index contributed by atoms with van der Waals surface area (Å²) in [6.07, 6.45) is 2.25. The molecule has 13 heteroatoms. The summed E-state index contributed by atoms with van der Waals surface area (Å²) in [5, 5.41) is 7.91. The smallest absolute Gasteiger partial charge is 0.362 e. The quantitative estimate of drug-likeness (QED) is 0.350. The number of likely N-dealkylation sites (N-methyl/N-ethyl adjacent to an activating group) is 1. The molecule has 5 aliphatic rings. The summed E-state index contributed by atoms with van der Waals surface area (Å²) in [6, 6.07) is -0.623. The minimum Gasteiger partial charge on any atom is -0.362 e. The Bertz CT molecular complexity index is 934. The maximum Gasteiger partial charge on any atom is 0.470 e. The van der Waals surface area contributed by atoms with Gasteiger partial charge >= 0.3 is 12.1 Å². The fourth-order valence-electron chi connectivity index (χ4n) is 5.47. The number of nitrogens with zero attached hydrogens (tertiary/aromatic N) is 1. The summed E-state index contributed by atoms with van der Waals surface area (Å²) in [7, 11) is 1.51. The number of piperidine rings is 1. The van der Waals surface area contributed by atoms with Crippen molar-refractivity contribution in [2.24, 2.45) is 34.8 Å². The molecule has 5 amide bonds. The average Bonchev–Trinajstić information content (AvgIpc) is 3.77. The van der Waals surface area contributed by atoms with E-state index in [1.165, 1.54) is 19.9 Å². The van der Waals surface area contributed by atoms with Crippen LogP contribution in [0.5, 0.6) is 0 Å². The van der Waals surface area contributed by atoms with Gasteiger partial charge < -0.3 is 26.6 Å². The van der Waals surface area contributed by atoms with Gasteiger partial charge in [0, 0.05) is 38.0 Å². The highest BCUT2D eigenvalue weighted by molar-refractivity contribution is 5.86. The minimum absolute atomic E-state index is 0.00380. The first-order valence-corrected chi connectivity index (χ1v) is 13.0. The predicted octanol–water partition coefficient (Wildman–Crippen LogP) is 0.841. The Morgan fingerprint density at radius 2 is 1.74 bits per heavy atom. The lowest BCUT2D eigenvalue weighted by Gasteiger charge is -2.22. The van der Waals surface area contributed by atoms with E-state index in [-0.39, 0.29) is 23.3 Å². The largest absolute Gasteiger partial charge is 0.470 e. The van der Waals surface area contributed by atoms with Gasteiger partial charge in [0.05, 0.1) is 0 Å². The summed E-state index contributed by atoms with van der Waals surface area (Å²) in [5.74, 6) is 0.102. The van der Waals surface area contributed by atoms with Crippen molar-refractivity contribution >= 4 is 30.0 Å². The molecular weight excluding hydrogens is 507 g/mol. The Kier molecular flexibility index (Phi) is 8.67. The molecule has 2 aliphatic heterocycles. The Morgan fingerprint density at radius 1 is 1.18 bits per heavy atom. The molecule has 0 bridgehead atoms. The summed E-state index contributed by atoms with van der Waals surface area (Å²) in [5.41, 5.74) is 4.35. The van der Waals surface area contributed by atoms with Crippen LogP contribution in [0.1, 0.15) is 58.8 Å². The van der Waals surface area contributed by atoms with E-state index in [1.54, 1.807) is 0 Å². The molecule has 4 unspecified atom stereocenters. The van der Waals surface area contributed by atoms with Gasteiger partial charge in [-0.05, 0) is 61.7 Å². The SMILES string of the molecule is CC1(C)C2CN(C(=O)CC3CC3)CC21.CNC(=O)C(CC1CC2(CC2)NC1=O)NC=O.NC(=O)C(F)(F)F. The number of amides is 5. The second-order valence-corrected chi connectivity index (χ2v) is 11.7. The van der Waals surface area contributed by atoms with Crippen LogP contribution >= 0.6 is 0 Å². The number of alkyl halides is 3. The maximum atomic E-state index is 11.8. The summed E-state index contributed by atoms with van der Waals surface area (Å²) >= 11 is 0. The standard InChI is InChI=1S/C12H19NO.C11H17N3O3.C2H2F3NO/c1-12(2)9-6-13(7-10(9)12)11(14)5-8-3-4-8;1-12-10(17)8(13-6-15)4-7-5-11(2-3-11)14-9(7)16;3-2(4,5)1(6)7/h8-10H,3-7H2,1-2H3;6-8H,2-5H2,1H3,(H,12,17)(H,13,15)(H,14,16);(H2,6,7). The van der Waals surface area contributed by atoms with Crippen LogP contribution < -0.4 is 21.7 Å². The van der Waals surface area contributed by atoms with Crippen molar-refractivity contribution < 1.29 is 37.1 Å². The zero-order chi connectivity index (χ0) is 28.5. The highest BCUT2D eigenvalue weighted by Crippen LogP contribution is 2.62. The third-order valence-corrected chi connectivity index (χ3v) is 8.52. The van der Waals surface area contributed by atoms with E-state index in [0.29, 0.717) is 24.2 Å². The van der Waals surface area contributed by atoms with Crippen LogP contribution in [0.15, 0.2) is 0 Å². The van der Waals surface area contributed by atoms with Gasteiger partial charge in [0.1, 0.15) is 6.04 Å². The highest BCUT2D eigenvalue weighted by Gasteiger charge is 2.62. The molecule has 0 aromatic rings. The molecule has 5 N–H and O–H groups in total. The third-order valence-electron chi connectivity index (χ3n) is 8.52. The van der Waals surface area contributed by atoms with Crippen molar-refractivity contribution in [1.82, 2.24) is 20.9 Å². The zero-order valence-corrected chi connectivity index (χ0v) is 22.0. The first-order chi connectivity index (χ1) is 17.6. The topological polar surface area (TPSA) is 151 Å². The second-order valence-electron chi connectivity index (χ2n) is 11.7. The first kappa shape index (κ1) is 29.7. The van der Waals surface area contributed by atoms with Gasteiger partial charge in [0.2, 0.25) is 24.1 Å². The molecular formula is C25H38F3N5O5. The monoisotopic (exact) mass is 545 g/mol. The number of nitrogens with two attached hydrogens (primary N) is 1. The van der Waals surface area contributed by atoms with E-state index >= 15 is 0 Å². The number of halogens is 3. The molecule has 0 aromatic carbocycles. The lowest BCUT2D eigenvalue weighted by Crippen LogP contribution is -2.44. The Morgan fingerprint density at radius 3 is 2.13 bits per heavy atom. The second kappa shape index (κ2) is 11.1. The fraction of sp³-hybridized carbons (Fsp3) is 0.800. The summed E-state index contributed by atoms with van der Waals surface area (Å²) in [6.45, 7) is 6.77. The van der Waals surface area contributed by atoms with Crippen molar-refractivity contribution in [2.45, 2.75) is 76.6 Å². The van der Waals surface area contributed by atoms with Crippen molar-refractivity contribution in [3.05, 3.63) is 0 Å². The zero-order valence-electron chi connectivity index (χ0n) is 22.0. The number of rotatable bonds is 7. The Labute approximate surface area is 220 Å². The molecule has 0 radical (unpaired) electrons. The number of hydrogen-bond acceptors (Lipinski definition) is 5. The van der Waals surface area contributed by atoms with Crippen LogP contribution in [0.3, 0.4) is 0 Å². The molecule has 3 saturated carbocycles. The van der Waals surface area contributed by atoms with Crippen molar-refractivity contribution in [1.29, 1.82) is 0 Å². The lowest BCUT2D eigenvalue weighted by molar-refractivity contribution is -0.169. The summed E-state index contributed by atoms with van der Waals surface area (Å²) < 4.78 is 32.1. The summed E-state index contributed by atoms with van der Waals surface area (Å²) in [4.78, 5) is 56.7. The van der Waals surface area contributed by atoms with Crippen LogP contribution in [0.2, 0.25) is 0 Å². The van der Waals surface area contributed by atoms with E-state index in [9.17, 15) is 32.3 Å². The van der Waals surface area contributed by atoms with Crippen LogP contribution in [0, 0.1) is 29.1 Å². The number of carbonyl (C=O) groups excluding carboxylic acids is 5. The molecule has 2 heterocycles. The number of nitrogens with one attached hydrogen (secondary N) is 3. The van der Waals surface area contributed by atoms with E-state index < -0.39 is 18.1 Å². The Balaban J connectivity index is 0.000000172. The normalized spacial score (nSPS) is 27.9. The number of carbonyl (C=O) groups is 5.